The Labute approximate surface area is 210 Å². The van der Waals surface area contributed by atoms with E-state index < -0.39 is 5.97 Å². The molecule has 2 aromatic carbocycles. The van der Waals surface area contributed by atoms with Crippen molar-refractivity contribution in [2.24, 2.45) is 5.92 Å². The fourth-order valence-electron chi connectivity index (χ4n) is 5.49. The van der Waals surface area contributed by atoms with Crippen LogP contribution in [0.15, 0.2) is 40.9 Å². The van der Waals surface area contributed by atoms with E-state index in [0.29, 0.717) is 37.5 Å². The van der Waals surface area contributed by atoms with E-state index in [0.717, 1.165) is 34.4 Å². The zero-order valence-corrected chi connectivity index (χ0v) is 20.9. The maximum atomic E-state index is 12.7. The Morgan fingerprint density at radius 2 is 2.06 bits per heavy atom. The average Bonchev–Trinajstić information content (AvgIpc) is 3.52. The van der Waals surface area contributed by atoms with Crippen LogP contribution in [0, 0.1) is 12.8 Å². The van der Waals surface area contributed by atoms with E-state index in [1.165, 1.54) is 5.56 Å². The van der Waals surface area contributed by atoms with Gasteiger partial charge in [-0.1, -0.05) is 23.4 Å². The summed E-state index contributed by atoms with van der Waals surface area (Å²) in [6, 6.07) is 12.0. The number of carbonyl (C=O) groups is 2. The summed E-state index contributed by atoms with van der Waals surface area (Å²) in [7, 11) is 0. The predicted molar refractivity (Wildman–Crippen MR) is 133 cm³/mol. The highest BCUT2D eigenvalue weighted by molar-refractivity contribution is 5.81. The zero-order chi connectivity index (χ0) is 25.4. The predicted octanol–water partition coefficient (Wildman–Crippen LogP) is 5.20. The Morgan fingerprint density at radius 3 is 2.81 bits per heavy atom. The summed E-state index contributed by atoms with van der Waals surface area (Å²) in [5.41, 5.74) is 5.08. The second-order valence-electron chi connectivity index (χ2n) is 9.99. The summed E-state index contributed by atoms with van der Waals surface area (Å²) >= 11 is 0. The maximum absolute atomic E-state index is 12.7. The SMILES string of the molecule is Cc1cc(-c2nc(-c3cccc4c3CC3CC(=O)N(CCCCC(=O)O)C43)no2)ccc1OC(C)C. The maximum Gasteiger partial charge on any atom is 0.303 e. The van der Waals surface area contributed by atoms with Gasteiger partial charge in [0.05, 0.1) is 12.1 Å². The monoisotopic (exact) mass is 489 g/mol. The van der Waals surface area contributed by atoms with E-state index in [4.69, 9.17) is 19.4 Å². The standard InChI is InChI=1S/C28H31N3O5/c1-16(2)35-23-11-10-18(13-17(23)3)28-29-27(30-36-28)21-8-6-7-20-22(21)14-19-15-24(32)31(26(19)20)12-5-4-9-25(33)34/h6-8,10-11,13,16,19,26H,4-5,9,12,14-15H2,1-3H3,(H,33,34). The van der Waals surface area contributed by atoms with Crippen LogP contribution < -0.4 is 4.74 Å². The van der Waals surface area contributed by atoms with Gasteiger partial charge in [-0.2, -0.15) is 4.98 Å². The molecule has 1 N–H and O–H groups in total. The molecule has 2 atom stereocenters. The highest BCUT2D eigenvalue weighted by Crippen LogP contribution is 2.49. The molecule has 188 valence electrons. The molecule has 1 saturated heterocycles. The quantitative estimate of drug-likeness (QED) is 0.412. The number of carboxylic acids is 1. The number of aliphatic carboxylic acids is 1. The molecule has 1 aliphatic carbocycles. The van der Waals surface area contributed by atoms with Crippen molar-refractivity contribution in [1.82, 2.24) is 15.0 Å². The number of fused-ring (bicyclic) bond motifs is 3. The van der Waals surface area contributed by atoms with Crippen LogP contribution in [-0.4, -0.2) is 44.7 Å². The Kier molecular flexibility index (Phi) is 6.51. The molecule has 1 aromatic heterocycles. The van der Waals surface area contributed by atoms with Gasteiger partial charge in [0, 0.05) is 30.5 Å². The van der Waals surface area contributed by atoms with E-state index >= 15 is 0 Å². The summed E-state index contributed by atoms with van der Waals surface area (Å²) in [4.78, 5) is 30.2. The molecule has 1 aliphatic heterocycles. The summed E-state index contributed by atoms with van der Waals surface area (Å²) < 4.78 is 11.5. The Morgan fingerprint density at radius 1 is 1.22 bits per heavy atom. The first kappa shape index (κ1) is 24.0. The van der Waals surface area contributed by atoms with Crippen LogP contribution in [-0.2, 0) is 16.0 Å². The zero-order valence-electron chi connectivity index (χ0n) is 20.9. The number of carboxylic acid groups (broad SMARTS) is 1. The molecule has 2 aliphatic rings. The van der Waals surface area contributed by atoms with Crippen molar-refractivity contribution in [3.05, 3.63) is 53.1 Å². The number of aryl methyl sites for hydroxylation is 1. The number of carbonyl (C=O) groups excluding carboxylic acids is 1. The van der Waals surface area contributed by atoms with Crippen LogP contribution in [0.5, 0.6) is 5.75 Å². The molecule has 3 aromatic rings. The Hall–Kier alpha value is -3.68. The lowest BCUT2D eigenvalue weighted by molar-refractivity contribution is -0.137. The number of ether oxygens (including phenoxy) is 1. The third-order valence-corrected chi connectivity index (χ3v) is 7.03. The molecule has 0 radical (unpaired) electrons. The number of unbranched alkanes of at least 4 members (excludes halogenated alkanes) is 1. The molecular weight excluding hydrogens is 458 g/mol. The van der Waals surface area contributed by atoms with E-state index in [2.05, 4.69) is 11.2 Å². The molecule has 36 heavy (non-hydrogen) atoms. The van der Waals surface area contributed by atoms with Gasteiger partial charge in [0.15, 0.2) is 0 Å². The van der Waals surface area contributed by atoms with Gasteiger partial charge in [-0.25, -0.2) is 0 Å². The van der Waals surface area contributed by atoms with Crippen LogP contribution in [0.1, 0.15) is 62.3 Å². The highest BCUT2D eigenvalue weighted by atomic mass is 16.5. The number of hydrogen-bond donors (Lipinski definition) is 1. The van der Waals surface area contributed by atoms with Crippen molar-refractivity contribution in [3.63, 3.8) is 0 Å². The summed E-state index contributed by atoms with van der Waals surface area (Å²) in [6.07, 6.45) is 2.78. The summed E-state index contributed by atoms with van der Waals surface area (Å²) in [5, 5.41) is 13.2. The van der Waals surface area contributed by atoms with Gasteiger partial charge in [-0.05, 0) is 80.8 Å². The fraction of sp³-hybridized carbons (Fsp3) is 0.429. The van der Waals surface area contributed by atoms with E-state index in [9.17, 15) is 9.59 Å². The van der Waals surface area contributed by atoms with Gasteiger partial charge in [-0.15, -0.1) is 0 Å². The van der Waals surface area contributed by atoms with Gasteiger partial charge >= 0.3 is 5.97 Å². The second-order valence-corrected chi connectivity index (χ2v) is 9.99. The fourth-order valence-corrected chi connectivity index (χ4v) is 5.49. The third-order valence-electron chi connectivity index (χ3n) is 7.03. The number of benzene rings is 2. The molecule has 8 nitrogen and oxygen atoms in total. The minimum atomic E-state index is -0.800. The largest absolute Gasteiger partial charge is 0.491 e. The number of aromatic nitrogens is 2. The van der Waals surface area contributed by atoms with Crippen molar-refractivity contribution < 1.29 is 24.0 Å². The van der Waals surface area contributed by atoms with Crippen LogP contribution in [0.2, 0.25) is 0 Å². The minimum absolute atomic E-state index is 0.0276. The Balaban J connectivity index is 1.38. The molecular formula is C28H31N3O5. The van der Waals surface area contributed by atoms with E-state index in [-0.39, 0.29) is 30.4 Å². The van der Waals surface area contributed by atoms with Crippen molar-refractivity contribution >= 4 is 11.9 Å². The molecule has 1 amide bonds. The van der Waals surface area contributed by atoms with Crippen LogP contribution in [0.25, 0.3) is 22.8 Å². The molecule has 2 unspecified atom stereocenters. The number of hydrogen-bond acceptors (Lipinski definition) is 6. The number of likely N-dealkylation sites (tertiary alicyclic amines) is 1. The van der Waals surface area contributed by atoms with Crippen molar-refractivity contribution in [3.8, 4) is 28.6 Å². The van der Waals surface area contributed by atoms with Gasteiger partial charge in [0.2, 0.25) is 11.7 Å². The number of nitrogens with zero attached hydrogens (tertiary/aromatic N) is 3. The first-order chi connectivity index (χ1) is 17.3. The molecule has 0 bridgehead atoms. The topological polar surface area (TPSA) is 106 Å². The van der Waals surface area contributed by atoms with Gasteiger partial charge in [-0.3, -0.25) is 9.59 Å². The molecule has 0 spiro atoms. The van der Waals surface area contributed by atoms with Gasteiger partial charge < -0.3 is 19.3 Å². The first-order valence-electron chi connectivity index (χ1n) is 12.6. The number of amides is 1. The van der Waals surface area contributed by atoms with Crippen molar-refractivity contribution in [2.45, 2.75) is 65.0 Å². The van der Waals surface area contributed by atoms with E-state index in [1.807, 2.05) is 56.0 Å². The van der Waals surface area contributed by atoms with Crippen molar-refractivity contribution in [1.29, 1.82) is 0 Å². The lowest BCUT2D eigenvalue weighted by atomic mass is 10.0. The minimum Gasteiger partial charge on any atom is -0.491 e. The lowest BCUT2D eigenvalue weighted by Gasteiger charge is -2.25. The second kappa shape index (κ2) is 9.76. The third kappa shape index (κ3) is 4.59. The average molecular weight is 490 g/mol. The van der Waals surface area contributed by atoms with Crippen molar-refractivity contribution in [2.75, 3.05) is 6.54 Å². The van der Waals surface area contributed by atoms with E-state index in [1.54, 1.807) is 0 Å². The van der Waals surface area contributed by atoms with Crippen LogP contribution in [0.3, 0.4) is 0 Å². The first-order valence-corrected chi connectivity index (χ1v) is 12.6. The normalized spacial score (nSPS) is 18.6. The number of rotatable bonds is 9. The van der Waals surface area contributed by atoms with Crippen LogP contribution >= 0.6 is 0 Å². The molecule has 8 heteroatoms. The smallest absolute Gasteiger partial charge is 0.303 e. The van der Waals surface area contributed by atoms with Gasteiger partial charge in [0.1, 0.15) is 5.75 Å². The molecule has 2 heterocycles. The Bertz CT molecular complexity index is 1300. The summed E-state index contributed by atoms with van der Waals surface area (Å²) in [6.45, 7) is 6.58. The molecule has 1 fully saturated rings. The highest BCUT2D eigenvalue weighted by Gasteiger charge is 2.46. The van der Waals surface area contributed by atoms with Crippen LogP contribution in [0.4, 0.5) is 0 Å². The van der Waals surface area contributed by atoms with Gasteiger partial charge in [0.25, 0.3) is 5.89 Å². The molecule has 0 saturated carbocycles. The summed E-state index contributed by atoms with van der Waals surface area (Å²) in [5.74, 6) is 1.40. The lowest BCUT2D eigenvalue weighted by Crippen LogP contribution is -2.29. The molecule has 5 rings (SSSR count).